The van der Waals surface area contributed by atoms with E-state index in [0.29, 0.717) is 7.92 Å². The second-order valence-corrected chi connectivity index (χ2v) is 13.4. The van der Waals surface area contributed by atoms with Crippen LogP contribution in [0, 0.1) is 0 Å². The summed E-state index contributed by atoms with van der Waals surface area (Å²) in [4.78, 5) is 3.78. The fourth-order valence-corrected chi connectivity index (χ4v) is 10.9. The molecule has 5 heteroatoms. The molecular formula is C30H44Cl2NPRu. The Bertz CT molecular complexity index is 661. The molecule has 0 aliphatic heterocycles. The SMILES string of the molecule is C1CCC(P(C2CCCCC2)C2CCCCC2)CC1.[Cl-].[Cl-].[Ru+2]=[CH]c1ccccc1.c1ccncc1. The smallest absolute Gasteiger partial charge is 0.0267 e. The van der Waals surface area contributed by atoms with Crippen LogP contribution in [0.1, 0.15) is 102 Å². The molecule has 0 bridgehead atoms. The number of aromatic nitrogens is 1. The van der Waals surface area contributed by atoms with Gasteiger partial charge in [0.1, 0.15) is 0 Å². The molecule has 1 aromatic heterocycles. The summed E-state index contributed by atoms with van der Waals surface area (Å²) in [5.41, 5.74) is 4.82. The van der Waals surface area contributed by atoms with Crippen molar-refractivity contribution in [3.63, 3.8) is 0 Å². The van der Waals surface area contributed by atoms with E-state index in [4.69, 9.17) is 0 Å². The predicted octanol–water partition coefficient (Wildman–Crippen LogP) is 2.94. The zero-order valence-corrected chi connectivity index (χ0v) is 25.3. The first kappa shape index (κ1) is 32.9. The second-order valence-electron chi connectivity index (χ2n) is 9.86. The quantitative estimate of drug-likeness (QED) is 0.378. The second kappa shape index (κ2) is 20.9. The van der Waals surface area contributed by atoms with Gasteiger partial charge in [-0.3, -0.25) is 4.98 Å². The van der Waals surface area contributed by atoms with E-state index in [2.05, 4.69) is 35.0 Å². The van der Waals surface area contributed by atoms with Crippen LogP contribution >= 0.6 is 7.92 Å². The molecule has 1 nitrogen and oxygen atoms in total. The van der Waals surface area contributed by atoms with Crippen LogP contribution < -0.4 is 24.8 Å². The molecule has 3 aliphatic rings. The number of rotatable bonds is 4. The molecule has 196 valence electrons. The zero-order chi connectivity index (χ0) is 23.0. The Labute approximate surface area is 238 Å². The first-order chi connectivity index (χ1) is 16.4. The summed E-state index contributed by atoms with van der Waals surface area (Å²) < 4.78 is 2.01. The molecule has 3 fully saturated rings. The van der Waals surface area contributed by atoms with E-state index in [-0.39, 0.29) is 24.8 Å². The van der Waals surface area contributed by atoms with Crippen molar-refractivity contribution in [2.45, 2.75) is 113 Å². The van der Waals surface area contributed by atoms with Crippen molar-refractivity contribution in [1.29, 1.82) is 0 Å². The largest absolute Gasteiger partial charge is 0.265 e. The molecule has 0 atom stereocenters. The van der Waals surface area contributed by atoms with Crippen molar-refractivity contribution in [1.82, 2.24) is 4.98 Å². The molecule has 0 saturated heterocycles. The average molecular weight is 622 g/mol. The fraction of sp³-hybridized carbons (Fsp3) is 0.600. The average Bonchev–Trinajstić information content (AvgIpc) is 2.93. The van der Waals surface area contributed by atoms with Gasteiger partial charge in [-0.15, -0.1) is 0 Å². The zero-order valence-electron chi connectivity index (χ0n) is 21.2. The van der Waals surface area contributed by atoms with E-state index in [0.717, 1.165) is 0 Å². The van der Waals surface area contributed by atoms with E-state index < -0.39 is 0 Å². The van der Waals surface area contributed by atoms with Crippen molar-refractivity contribution in [2.75, 3.05) is 0 Å². The third kappa shape index (κ3) is 12.8. The van der Waals surface area contributed by atoms with E-state index in [9.17, 15) is 0 Å². The van der Waals surface area contributed by atoms with Crippen LogP contribution in [0.25, 0.3) is 0 Å². The number of halogens is 2. The third-order valence-corrected chi connectivity index (χ3v) is 12.1. The minimum Gasteiger partial charge on any atom is -0.265 e. The van der Waals surface area contributed by atoms with Gasteiger partial charge in [-0.1, -0.05) is 71.8 Å². The van der Waals surface area contributed by atoms with Gasteiger partial charge in [0.05, 0.1) is 0 Å². The molecular weight excluding hydrogens is 577 g/mol. The van der Waals surface area contributed by atoms with Gasteiger partial charge in [0.2, 0.25) is 0 Å². The fourth-order valence-electron chi connectivity index (χ4n) is 5.87. The molecule has 3 saturated carbocycles. The van der Waals surface area contributed by atoms with Crippen LogP contribution in [-0.4, -0.2) is 26.6 Å². The van der Waals surface area contributed by atoms with Crippen molar-refractivity contribution >= 4 is 12.5 Å². The van der Waals surface area contributed by atoms with Gasteiger partial charge in [0.15, 0.2) is 0 Å². The van der Waals surface area contributed by atoms with Crippen LogP contribution in [0.5, 0.6) is 0 Å². The summed E-state index contributed by atoms with van der Waals surface area (Å²) in [6.07, 6.45) is 27.1. The number of nitrogens with zero attached hydrogens (tertiary/aromatic N) is 1. The summed E-state index contributed by atoms with van der Waals surface area (Å²) in [6.45, 7) is 0. The number of pyridine rings is 1. The summed E-state index contributed by atoms with van der Waals surface area (Å²) >= 11 is 2.48. The topological polar surface area (TPSA) is 12.9 Å². The summed E-state index contributed by atoms with van der Waals surface area (Å²) in [7, 11) is 0.385. The molecule has 0 amide bonds. The van der Waals surface area contributed by atoms with E-state index in [1.807, 2.05) is 41.0 Å². The Kier molecular flexibility index (Phi) is 19.6. The monoisotopic (exact) mass is 621 g/mol. The Morgan fingerprint density at radius 3 is 1.20 bits per heavy atom. The molecule has 0 N–H and O–H groups in total. The van der Waals surface area contributed by atoms with Crippen molar-refractivity contribution in [3.05, 3.63) is 66.5 Å². The van der Waals surface area contributed by atoms with Gasteiger partial charge in [-0.2, -0.15) is 0 Å². The number of benzene rings is 1. The molecule has 1 heterocycles. The molecule has 2 aromatic rings. The molecule has 0 radical (unpaired) electrons. The molecule has 5 rings (SSSR count). The maximum atomic E-state index is 3.78. The van der Waals surface area contributed by atoms with Gasteiger partial charge in [0.25, 0.3) is 0 Å². The summed E-state index contributed by atoms with van der Waals surface area (Å²) in [6, 6.07) is 15.9. The van der Waals surface area contributed by atoms with E-state index in [1.54, 1.807) is 89.4 Å². The van der Waals surface area contributed by atoms with Gasteiger partial charge < -0.3 is 24.8 Å². The third-order valence-electron chi connectivity index (χ3n) is 7.47. The van der Waals surface area contributed by atoms with Gasteiger partial charge >= 0.3 is 58.4 Å². The standard InChI is InChI=1S/C18H33P.C7H6.C5H5N.2ClH.Ru/c1-4-10-16(11-5-1)19(17-12-6-2-7-13-17)18-14-8-3-9-15-18;1-7-5-3-2-4-6-7;1-2-4-6-5-3-1;;;/h16-18H,1-15H2;1-6H;1-5H;2*1H;/q;;;;;+2/p-2. The minimum absolute atomic E-state index is 0. The van der Waals surface area contributed by atoms with Crippen LogP contribution in [0.2, 0.25) is 0 Å². The molecule has 0 unspecified atom stereocenters. The van der Waals surface area contributed by atoms with Crippen LogP contribution in [0.3, 0.4) is 0 Å². The number of hydrogen-bond donors (Lipinski definition) is 0. The molecule has 0 spiro atoms. The first-order valence-corrected chi connectivity index (χ1v) is 16.0. The summed E-state index contributed by atoms with van der Waals surface area (Å²) in [5, 5.41) is 0. The van der Waals surface area contributed by atoms with Crippen molar-refractivity contribution < 1.29 is 42.7 Å². The Hall–Kier alpha value is -0.127. The Balaban J connectivity index is 0.000000318. The molecule has 35 heavy (non-hydrogen) atoms. The van der Waals surface area contributed by atoms with E-state index in [1.165, 1.54) is 41.8 Å². The Morgan fingerprint density at radius 1 is 0.571 bits per heavy atom. The maximum absolute atomic E-state index is 3.78. The maximum Gasteiger partial charge on any atom is 0.0267 e. The summed E-state index contributed by atoms with van der Waals surface area (Å²) in [5.74, 6) is 0. The first-order valence-electron chi connectivity index (χ1n) is 13.5. The van der Waals surface area contributed by atoms with Crippen LogP contribution in [-0.2, 0) is 17.9 Å². The van der Waals surface area contributed by atoms with Gasteiger partial charge in [-0.25, -0.2) is 0 Å². The molecule has 1 aromatic carbocycles. The minimum atomic E-state index is 0. The number of hydrogen-bond acceptors (Lipinski definition) is 1. The van der Waals surface area contributed by atoms with Crippen molar-refractivity contribution in [3.8, 4) is 0 Å². The van der Waals surface area contributed by atoms with Gasteiger partial charge in [0, 0.05) is 12.4 Å². The van der Waals surface area contributed by atoms with Crippen molar-refractivity contribution in [2.24, 2.45) is 0 Å². The Morgan fingerprint density at radius 2 is 0.943 bits per heavy atom. The van der Waals surface area contributed by atoms with E-state index >= 15 is 0 Å². The predicted molar refractivity (Wildman–Crippen MR) is 143 cm³/mol. The normalized spacial score (nSPS) is 19.0. The van der Waals surface area contributed by atoms with Gasteiger partial charge in [-0.05, 0) is 67.6 Å². The molecule has 3 aliphatic carbocycles. The van der Waals surface area contributed by atoms with Crippen LogP contribution in [0.4, 0.5) is 0 Å². The van der Waals surface area contributed by atoms with Crippen LogP contribution in [0.15, 0.2) is 60.9 Å².